The highest BCUT2D eigenvalue weighted by atomic mass is 35.5. The van der Waals surface area contributed by atoms with Gasteiger partial charge in [0.05, 0.1) is 23.4 Å². The minimum atomic E-state index is -0.547. The summed E-state index contributed by atoms with van der Waals surface area (Å²) in [7, 11) is 1.58. The molecule has 1 amide bonds. The molecule has 21 heavy (non-hydrogen) atoms. The van der Waals surface area contributed by atoms with Crippen molar-refractivity contribution in [3.8, 4) is 5.75 Å². The predicted octanol–water partition coefficient (Wildman–Crippen LogP) is 2.64. The number of rotatable bonds is 5. The summed E-state index contributed by atoms with van der Waals surface area (Å²) < 4.78 is 5.11. The van der Waals surface area contributed by atoms with Gasteiger partial charge in [0.15, 0.2) is 0 Å². The van der Waals surface area contributed by atoms with E-state index < -0.39 is 5.91 Å². The molecule has 0 heterocycles. The molecule has 0 unspecified atom stereocenters. The summed E-state index contributed by atoms with van der Waals surface area (Å²) >= 11 is 5.99. The molecule has 0 saturated heterocycles. The molecule has 5 nitrogen and oxygen atoms in total. The van der Waals surface area contributed by atoms with E-state index >= 15 is 0 Å². The Labute approximate surface area is 127 Å². The molecule has 0 aliphatic rings. The van der Waals surface area contributed by atoms with Crippen molar-refractivity contribution in [1.82, 2.24) is 0 Å². The molecule has 6 heteroatoms. The number of amides is 1. The van der Waals surface area contributed by atoms with Gasteiger partial charge in [0.25, 0.3) is 0 Å². The molecule has 5 N–H and O–H groups in total. The van der Waals surface area contributed by atoms with Crippen LogP contribution in [0.2, 0.25) is 5.02 Å². The van der Waals surface area contributed by atoms with Gasteiger partial charge in [0, 0.05) is 12.2 Å². The number of primary amides is 1. The molecule has 0 spiro atoms. The Kier molecular flexibility index (Phi) is 4.55. The van der Waals surface area contributed by atoms with Crippen LogP contribution in [0.5, 0.6) is 5.75 Å². The number of halogens is 1. The van der Waals surface area contributed by atoms with Crippen molar-refractivity contribution in [2.24, 2.45) is 5.73 Å². The van der Waals surface area contributed by atoms with E-state index in [2.05, 4.69) is 5.32 Å². The lowest BCUT2D eigenvalue weighted by atomic mass is 10.1. The number of anilines is 2. The largest absolute Gasteiger partial charge is 0.495 e. The molecule has 0 radical (unpaired) electrons. The molecule has 0 aliphatic carbocycles. The van der Waals surface area contributed by atoms with Crippen LogP contribution in [0.1, 0.15) is 15.9 Å². The normalized spacial score (nSPS) is 10.2. The van der Waals surface area contributed by atoms with E-state index in [4.69, 9.17) is 27.8 Å². The summed E-state index contributed by atoms with van der Waals surface area (Å²) in [6.07, 6.45) is 0. The van der Waals surface area contributed by atoms with Gasteiger partial charge in [-0.1, -0.05) is 17.7 Å². The maximum Gasteiger partial charge on any atom is 0.250 e. The standard InChI is InChI=1S/C15H16ClN3O2/c1-21-14-5-2-9(6-13(14)17)8-19-10-3-4-11(15(18)20)12(16)7-10/h2-7,19H,8,17H2,1H3,(H2,18,20). The first-order valence-electron chi connectivity index (χ1n) is 6.27. The van der Waals surface area contributed by atoms with E-state index in [1.54, 1.807) is 25.3 Å². The molecule has 2 aromatic carbocycles. The lowest BCUT2D eigenvalue weighted by molar-refractivity contribution is 0.100. The minimum Gasteiger partial charge on any atom is -0.495 e. The number of benzene rings is 2. The minimum absolute atomic E-state index is 0.302. The molecule has 2 rings (SSSR count). The first kappa shape index (κ1) is 15.0. The van der Waals surface area contributed by atoms with Gasteiger partial charge < -0.3 is 21.5 Å². The lowest BCUT2D eigenvalue weighted by Gasteiger charge is -2.10. The molecule has 0 fully saturated rings. The summed E-state index contributed by atoms with van der Waals surface area (Å²) in [5, 5.41) is 3.52. The Morgan fingerprint density at radius 1 is 1.29 bits per heavy atom. The molecule has 0 bridgehead atoms. The van der Waals surface area contributed by atoms with Crippen LogP contribution in [-0.2, 0) is 6.54 Å². The molecular weight excluding hydrogens is 290 g/mol. The third-order valence-electron chi connectivity index (χ3n) is 3.03. The number of nitrogens with one attached hydrogen (secondary N) is 1. The zero-order valence-electron chi connectivity index (χ0n) is 11.5. The van der Waals surface area contributed by atoms with Crippen LogP contribution < -0.4 is 21.5 Å². The molecule has 0 aromatic heterocycles. The van der Waals surface area contributed by atoms with E-state index in [0.29, 0.717) is 28.6 Å². The Bertz CT molecular complexity index is 674. The summed E-state index contributed by atoms with van der Waals surface area (Å²) in [6, 6.07) is 10.6. The van der Waals surface area contributed by atoms with Crippen molar-refractivity contribution in [3.05, 3.63) is 52.5 Å². The van der Waals surface area contributed by atoms with E-state index in [1.165, 1.54) is 0 Å². The van der Waals surface area contributed by atoms with Crippen LogP contribution in [0.4, 0.5) is 11.4 Å². The van der Waals surface area contributed by atoms with Gasteiger partial charge in [-0.15, -0.1) is 0 Å². The summed E-state index contributed by atoms with van der Waals surface area (Å²) in [5.74, 6) is 0.0992. The number of carbonyl (C=O) groups is 1. The fourth-order valence-electron chi connectivity index (χ4n) is 1.92. The molecule has 0 saturated carbocycles. The second-order valence-electron chi connectivity index (χ2n) is 4.49. The predicted molar refractivity (Wildman–Crippen MR) is 84.7 cm³/mol. The Morgan fingerprint density at radius 3 is 2.62 bits per heavy atom. The zero-order chi connectivity index (χ0) is 15.4. The summed E-state index contributed by atoms with van der Waals surface area (Å²) in [6.45, 7) is 0.570. The van der Waals surface area contributed by atoms with E-state index in [0.717, 1.165) is 11.3 Å². The number of methoxy groups -OCH3 is 1. The summed E-state index contributed by atoms with van der Waals surface area (Å²) in [5.41, 5.74) is 13.7. The molecule has 2 aromatic rings. The third kappa shape index (κ3) is 3.58. The fraction of sp³-hybridized carbons (Fsp3) is 0.133. The Hall–Kier alpha value is -2.40. The number of carbonyl (C=O) groups excluding carboxylic acids is 1. The quantitative estimate of drug-likeness (QED) is 0.741. The first-order chi connectivity index (χ1) is 10.0. The highest BCUT2D eigenvalue weighted by molar-refractivity contribution is 6.34. The maximum absolute atomic E-state index is 11.1. The fourth-order valence-corrected chi connectivity index (χ4v) is 2.20. The van der Waals surface area contributed by atoms with Gasteiger partial charge in [-0.3, -0.25) is 4.79 Å². The van der Waals surface area contributed by atoms with Gasteiger partial charge in [-0.25, -0.2) is 0 Å². The first-order valence-corrected chi connectivity index (χ1v) is 6.64. The van der Waals surface area contributed by atoms with Crippen LogP contribution in [0, 0.1) is 0 Å². The van der Waals surface area contributed by atoms with Gasteiger partial charge in [0.1, 0.15) is 5.75 Å². The Morgan fingerprint density at radius 2 is 2.05 bits per heavy atom. The average molecular weight is 306 g/mol. The van der Waals surface area contributed by atoms with Gasteiger partial charge in [-0.2, -0.15) is 0 Å². The Balaban J connectivity index is 2.08. The maximum atomic E-state index is 11.1. The van der Waals surface area contributed by atoms with E-state index in [1.807, 2.05) is 18.2 Å². The van der Waals surface area contributed by atoms with Crippen molar-refractivity contribution >= 4 is 28.9 Å². The van der Waals surface area contributed by atoms with E-state index in [-0.39, 0.29) is 0 Å². The van der Waals surface area contributed by atoms with Crippen molar-refractivity contribution < 1.29 is 9.53 Å². The topological polar surface area (TPSA) is 90.4 Å². The summed E-state index contributed by atoms with van der Waals surface area (Å²) in [4.78, 5) is 11.1. The average Bonchev–Trinajstić information content (AvgIpc) is 2.45. The molecule has 110 valence electrons. The van der Waals surface area contributed by atoms with Crippen LogP contribution in [0.15, 0.2) is 36.4 Å². The van der Waals surface area contributed by atoms with Crippen molar-refractivity contribution in [2.45, 2.75) is 6.54 Å². The van der Waals surface area contributed by atoms with Crippen molar-refractivity contribution in [1.29, 1.82) is 0 Å². The second kappa shape index (κ2) is 6.37. The van der Waals surface area contributed by atoms with Gasteiger partial charge in [-0.05, 0) is 35.9 Å². The monoisotopic (exact) mass is 305 g/mol. The van der Waals surface area contributed by atoms with Crippen LogP contribution in [0.25, 0.3) is 0 Å². The molecule has 0 aliphatic heterocycles. The van der Waals surface area contributed by atoms with Gasteiger partial charge >= 0.3 is 0 Å². The van der Waals surface area contributed by atoms with Crippen molar-refractivity contribution in [2.75, 3.05) is 18.2 Å². The molecule has 0 atom stereocenters. The number of nitrogen functional groups attached to an aromatic ring is 1. The third-order valence-corrected chi connectivity index (χ3v) is 3.34. The SMILES string of the molecule is COc1ccc(CNc2ccc(C(N)=O)c(Cl)c2)cc1N. The highest BCUT2D eigenvalue weighted by Gasteiger charge is 2.07. The zero-order valence-corrected chi connectivity index (χ0v) is 12.3. The lowest BCUT2D eigenvalue weighted by Crippen LogP contribution is -2.11. The second-order valence-corrected chi connectivity index (χ2v) is 4.90. The molecular formula is C15H16ClN3O2. The van der Waals surface area contributed by atoms with E-state index in [9.17, 15) is 4.79 Å². The van der Waals surface area contributed by atoms with Crippen LogP contribution in [-0.4, -0.2) is 13.0 Å². The highest BCUT2D eigenvalue weighted by Crippen LogP contribution is 2.24. The van der Waals surface area contributed by atoms with Gasteiger partial charge in [0.2, 0.25) is 5.91 Å². The van der Waals surface area contributed by atoms with Crippen LogP contribution in [0.3, 0.4) is 0 Å². The van der Waals surface area contributed by atoms with Crippen molar-refractivity contribution in [3.63, 3.8) is 0 Å². The number of hydrogen-bond donors (Lipinski definition) is 3. The van der Waals surface area contributed by atoms with Crippen LogP contribution >= 0.6 is 11.6 Å². The number of hydrogen-bond acceptors (Lipinski definition) is 4. The smallest absolute Gasteiger partial charge is 0.250 e. The number of ether oxygens (including phenoxy) is 1. The number of nitrogens with two attached hydrogens (primary N) is 2.